The van der Waals surface area contributed by atoms with Crippen molar-refractivity contribution < 1.29 is 18.9 Å². The largest absolute Gasteiger partial charge is 0.493 e. The molecule has 0 saturated carbocycles. The van der Waals surface area contributed by atoms with Gasteiger partial charge in [0.05, 0.1) is 46.7 Å². The third kappa shape index (κ3) is 11.3. The van der Waals surface area contributed by atoms with Gasteiger partial charge >= 0.3 is 0 Å². The lowest BCUT2D eigenvalue weighted by molar-refractivity contribution is 0.233. The van der Waals surface area contributed by atoms with Crippen LogP contribution >= 0.6 is 45.3 Å². The molecule has 10 rings (SSSR count). The maximum atomic E-state index is 6.64. The molecule has 0 spiro atoms. The molecule has 4 unspecified atom stereocenters. The van der Waals surface area contributed by atoms with Crippen LogP contribution in [0.4, 0.5) is 0 Å². The molecule has 0 amide bonds. The van der Waals surface area contributed by atoms with Crippen LogP contribution in [0, 0.1) is 23.7 Å². The maximum absolute atomic E-state index is 6.64. The molecule has 0 aliphatic heterocycles. The summed E-state index contributed by atoms with van der Waals surface area (Å²) in [5, 5.41) is 4.65. The van der Waals surface area contributed by atoms with Crippen molar-refractivity contribution in [3.05, 3.63) is 163 Å². The highest BCUT2D eigenvalue weighted by Crippen LogP contribution is 2.69. The Labute approximate surface area is 496 Å². The van der Waals surface area contributed by atoms with Crippen molar-refractivity contribution in [3.8, 4) is 43.9 Å². The van der Waals surface area contributed by atoms with E-state index in [2.05, 4.69) is 175 Å². The summed E-state index contributed by atoms with van der Waals surface area (Å²) in [5.41, 5.74) is 9.49. The summed E-state index contributed by atoms with van der Waals surface area (Å²) in [6, 6.07) is 41.8. The Hall–Kier alpha value is -4.86. The van der Waals surface area contributed by atoms with Gasteiger partial charge < -0.3 is 18.9 Å². The smallest absolute Gasteiger partial charge is 0.119 e. The minimum absolute atomic E-state index is 0.558. The molecule has 2 aliphatic rings. The summed E-state index contributed by atoms with van der Waals surface area (Å²) in [7, 11) is 0. The first kappa shape index (κ1) is 58.3. The van der Waals surface area contributed by atoms with E-state index in [1.165, 1.54) is 150 Å². The van der Waals surface area contributed by atoms with E-state index in [9.17, 15) is 0 Å². The quantitative estimate of drug-likeness (QED) is 0.0421. The molecule has 0 fully saturated rings. The van der Waals surface area contributed by atoms with Crippen LogP contribution in [0.3, 0.4) is 0 Å². The Balaban J connectivity index is 1.13. The van der Waals surface area contributed by atoms with Crippen molar-refractivity contribution in [2.45, 2.75) is 169 Å². The highest BCUT2D eigenvalue weighted by Gasteiger charge is 2.55. The van der Waals surface area contributed by atoms with E-state index in [0.717, 1.165) is 75.1 Å². The summed E-state index contributed by atoms with van der Waals surface area (Å²) in [6.07, 6.45) is 19.2. The SMILES string of the molecule is CCCCC(CC)COc1ccc(C2(c3ccc(OCC(CC)CCCC)cc3)c3sccc3-c3sc4c5c(sc4c32)-c2ccsc2C5(c2ccc(OCC(CC)CCCC)cc2)c2ccc(OCC(CC)CCCC)cc2)cc1. The molecule has 424 valence electrons. The van der Waals surface area contributed by atoms with Gasteiger partial charge in [-0.05, 0) is 143 Å². The monoisotopic (exact) mass is 1140 g/mol. The van der Waals surface area contributed by atoms with Crippen LogP contribution in [0.15, 0.2) is 120 Å². The van der Waals surface area contributed by atoms with Gasteiger partial charge in [-0.1, -0.05) is 181 Å². The van der Waals surface area contributed by atoms with Gasteiger partial charge in [0.1, 0.15) is 23.0 Å². The molecule has 4 atom stereocenters. The first-order chi connectivity index (χ1) is 39.3. The van der Waals surface area contributed by atoms with E-state index in [1.807, 2.05) is 45.3 Å². The minimum Gasteiger partial charge on any atom is -0.493 e. The van der Waals surface area contributed by atoms with Gasteiger partial charge in [-0.2, -0.15) is 0 Å². The Morgan fingerprint density at radius 1 is 0.350 bits per heavy atom. The molecule has 4 aromatic heterocycles. The average molecular weight is 1150 g/mol. The molecule has 2 aliphatic carbocycles. The Bertz CT molecular complexity index is 2850. The molecule has 8 heteroatoms. The van der Waals surface area contributed by atoms with Crippen molar-refractivity contribution in [2.75, 3.05) is 26.4 Å². The zero-order valence-electron chi connectivity index (χ0n) is 49.3. The number of ether oxygens (including phenoxy) is 4. The zero-order valence-corrected chi connectivity index (χ0v) is 52.5. The van der Waals surface area contributed by atoms with Gasteiger partial charge in [-0.3, -0.25) is 0 Å². The lowest BCUT2D eigenvalue weighted by Gasteiger charge is -2.33. The number of rotatable bonds is 32. The van der Waals surface area contributed by atoms with Crippen LogP contribution < -0.4 is 18.9 Å². The van der Waals surface area contributed by atoms with Crippen molar-refractivity contribution in [1.29, 1.82) is 0 Å². The van der Waals surface area contributed by atoms with Crippen molar-refractivity contribution in [1.82, 2.24) is 0 Å². The number of benzene rings is 4. The highest BCUT2D eigenvalue weighted by molar-refractivity contribution is 7.32. The van der Waals surface area contributed by atoms with Crippen LogP contribution in [0.2, 0.25) is 0 Å². The summed E-state index contributed by atoms with van der Waals surface area (Å²) in [6.45, 7) is 21.3. The number of fused-ring (bicyclic) bond motifs is 9. The normalized spacial score (nSPS) is 17.6. The lowest BCUT2D eigenvalue weighted by Crippen LogP contribution is -2.28. The molecule has 80 heavy (non-hydrogen) atoms. The molecule has 4 aromatic carbocycles. The van der Waals surface area contributed by atoms with Crippen molar-refractivity contribution in [2.24, 2.45) is 23.7 Å². The van der Waals surface area contributed by atoms with Gasteiger partial charge in [-0.25, -0.2) is 0 Å². The molecule has 4 heterocycles. The van der Waals surface area contributed by atoms with Gasteiger partial charge in [0.15, 0.2) is 0 Å². The lowest BCUT2D eigenvalue weighted by atomic mass is 9.70. The van der Waals surface area contributed by atoms with E-state index >= 15 is 0 Å². The van der Waals surface area contributed by atoms with Crippen LogP contribution in [0.25, 0.3) is 30.3 Å². The first-order valence-corrected chi connectivity index (χ1v) is 34.4. The molecular weight excluding hydrogens is 1060 g/mol. The fraction of sp³-hybridized carbons (Fsp3) is 0.472. The topological polar surface area (TPSA) is 36.9 Å². The van der Waals surface area contributed by atoms with Gasteiger partial charge in [0.25, 0.3) is 0 Å². The second kappa shape index (κ2) is 27.0. The molecule has 8 aromatic rings. The minimum atomic E-state index is -0.564. The zero-order chi connectivity index (χ0) is 55.6. The summed E-state index contributed by atoms with van der Waals surface area (Å²) in [4.78, 5) is 5.55. The molecule has 0 bridgehead atoms. The molecule has 0 radical (unpaired) electrons. The van der Waals surface area contributed by atoms with Gasteiger partial charge in [-0.15, -0.1) is 45.3 Å². The Kier molecular flexibility index (Phi) is 19.7. The van der Waals surface area contributed by atoms with E-state index in [-0.39, 0.29) is 0 Å². The molecule has 0 saturated heterocycles. The molecule has 0 N–H and O–H groups in total. The third-order valence-electron chi connectivity index (χ3n) is 18.0. The summed E-state index contributed by atoms with van der Waals surface area (Å²) < 4.78 is 29.3. The third-order valence-corrected chi connectivity index (χ3v) is 22.7. The number of hydrogen-bond acceptors (Lipinski definition) is 8. The standard InChI is InChI=1S/C72H88O4S4/c1-9-17-21-49(13-5)45-73-57-33-25-53(26-34-57)71(54-27-35-58(36-28-54)74-46-50(14-6)22-18-10-2)63-65(61-41-43-77-69(61)71)79-68-64-66(80-67(63)68)62-42-44-78-70(62)72(64,55-29-37-59(38-30-55)75-47-51(15-7)23-19-11-3)56-31-39-60(40-32-56)76-48-52(16-8)24-20-12-4/h25-44,49-52H,9-24,45-48H2,1-8H3. The van der Waals surface area contributed by atoms with Crippen LogP contribution in [-0.4, -0.2) is 26.4 Å². The fourth-order valence-electron chi connectivity index (χ4n) is 12.9. The Morgan fingerprint density at radius 3 is 0.850 bits per heavy atom. The van der Waals surface area contributed by atoms with Crippen molar-refractivity contribution in [3.63, 3.8) is 0 Å². The average Bonchev–Trinajstić information content (AvgIpc) is 3.83. The number of hydrogen-bond donors (Lipinski definition) is 0. The molecule has 4 nitrogen and oxygen atoms in total. The van der Waals surface area contributed by atoms with E-state index < -0.39 is 10.8 Å². The predicted molar refractivity (Wildman–Crippen MR) is 345 cm³/mol. The second-order valence-corrected chi connectivity index (χ2v) is 27.0. The number of thiophene rings is 4. The van der Waals surface area contributed by atoms with Crippen LogP contribution in [-0.2, 0) is 10.8 Å². The van der Waals surface area contributed by atoms with E-state index in [4.69, 9.17) is 18.9 Å². The highest BCUT2D eigenvalue weighted by atomic mass is 32.1. The second-order valence-electron chi connectivity index (χ2n) is 23.1. The molecular formula is C72H88O4S4. The van der Waals surface area contributed by atoms with E-state index in [1.54, 1.807) is 0 Å². The Morgan fingerprint density at radius 2 is 0.613 bits per heavy atom. The van der Waals surface area contributed by atoms with Crippen LogP contribution in [0.5, 0.6) is 23.0 Å². The van der Waals surface area contributed by atoms with Gasteiger partial charge in [0, 0.05) is 41.8 Å². The van der Waals surface area contributed by atoms with Crippen molar-refractivity contribution >= 4 is 54.7 Å². The summed E-state index contributed by atoms with van der Waals surface area (Å²) >= 11 is 7.84. The number of unbranched alkanes of at least 4 members (excludes halogenated alkanes) is 4. The maximum Gasteiger partial charge on any atom is 0.119 e. The summed E-state index contributed by atoms with van der Waals surface area (Å²) in [5.74, 6) is 6.00. The van der Waals surface area contributed by atoms with Gasteiger partial charge in [0.2, 0.25) is 0 Å². The van der Waals surface area contributed by atoms with E-state index in [0.29, 0.717) is 23.7 Å². The fourth-order valence-corrected chi connectivity index (χ4v) is 18.5. The first-order valence-electron chi connectivity index (χ1n) is 31.0. The predicted octanol–water partition coefficient (Wildman–Crippen LogP) is 22.2. The van der Waals surface area contributed by atoms with Crippen LogP contribution in [0.1, 0.15) is 201 Å².